The van der Waals surface area contributed by atoms with E-state index in [9.17, 15) is 13.2 Å². The maximum Gasteiger partial charge on any atom is 0.264 e. The normalized spacial score (nSPS) is 19.8. The van der Waals surface area contributed by atoms with E-state index >= 15 is 0 Å². The monoisotopic (exact) mass is 351 g/mol. The zero-order valence-corrected chi connectivity index (χ0v) is 14.4. The number of rotatable bonds is 4. The van der Waals surface area contributed by atoms with Crippen LogP contribution in [0.25, 0.3) is 0 Å². The predicted molar refractivity (Wildman–Crippen MR) is 82.6 cm³/mol. The summed E-state index contributed by atoms with van der Waals surface area (Å²) < 4.78 is 28.4. The summed E-state index contributed by atoms with van der Waals surface area (Å²) in [4.78, 5) is 15.2. The SMILES string of the molecule is CCOC1CCCN(C(=O)c2cc(S(=O)(=O)Cl)c(C)s2)C1. The molecule has 0 bridgehead atoms. The first-order chi connectivity index (χ1) is 9.82. The van der Waals surface area contributed by atoms with Crippen LogP contribution in [-0.2, 0) is 13.8 Å². The van der Waals surface area contributed by atoms with Crippen molar-refractivity contribution in [2.75, 3.05) is 19.7 Å². The number of likely N-dealkylation sites (tertiary alicyclic amines) is 1. The van der Waals surface area contributed by atoms with Crippen LogP contribution in [0.5, 0.6) is 0 Å². The molecule has 1 amide bonds. The minimum atomic E-state index is -3.81. The second-order valence-electron chi connectivity index (χ2n) is 4.94. The summed E-state index contributed by atoms with van der Waals surface area (Å²) in [5.41, 5.74) is 0. The lowest BCUT2D eigenvalue weighted by Crippen LogP contribution is -2.43. The Morgan fingerprint density at radius 3 is 2.86 bits per heavy atom. The molecule has 8 heteroatoms. The molecule has 5 nitrogen and oxygen atoms in total. The summed E-state index contributed by atoms with van der Waals surface area (Å²) >= 11 is 1.16. The van der Waals surface area contributed by atoms with Crippen LogP contribution in [0.4, 0.5) is 0 Å². The van der Waals surface area contributed by atoms with Crippen molar-refractivity contribution in [2.45, 2.75) is 37.7 Å². The third-order valence-corrected chi connectivity index (χ3v) is 6.03. The van der Waals surface area contributed by atoms with Gasteiger partial charge in [-0.2, -0.15) is 0 Å². The van der Waals surface area contributed by atoms with E-state index in [4.69, 9.17) is 15.4 Å². The fourth-order valence-corrected chi connectivity index (χ4v) is 5.09. The summed E-state index contributed by atoms with van der Waals surface area (Å²) in [5, 5.41) is 0. The van der Waals surface area contributed by atoms with Crippen molar-refractivity contribution in [1.29, 1.82) is 0 Å². The second kappa shape index (κ2) is 6.64. The minimum Gasteiger partial charge on any atom is -0.377 e. The fraction of sp³-hybridized carbons (Fsp3) is 0.615. The molecule has 0 aromatic carbocycles. The fourth-order valence-electron chi connectivity index (χ4n) is 2.46. The van der Waals surface area contributed by atoms with Crippen LogP contribution in [-0.4, -0.2) is 45.0 Å². The molecule has 1 aliphatic rings. The Labute approximate surface area is 133 Å². The van der Waals surface area contributed by atoms with Crippen LogP contribution in [0.3, 0.4) is 0 Å². The van der Waals surface area contributed by atoms with E-state index in [1.54, 1.807) is 11.8 Å². The van der Waals surface area contributed by atoms with Gasteiger partial charge in [0.15, 0.2) is 0 Å². The molecule has 21 heavy (non-hydrogen) atoms. The number of thiophene rings is 1. The quantitative estimate of drug-likeness (QED) is 0.782. The first-order valence-corrected chi connectivity index (χ1v) is 9.91. The zero-order chi connectivity index (χ0) is 15.6. The zero-order valence-electron chi connectivity index (χ0n) is 12.0. The summed E-state index contributed by atoms with van der Waals surface area (Å²) in [6.45, 7) is 5.42. The Bertz CT molecular complexity index is 624. The van der Waals surface area contributed by atoms with Gasteiger partial charge >= 0.3 is 0 Å². The lowest BCUT2D eigenvalue weighted by molar-refractivity contribution is 0.00741. The van der Waals surface area contributed by atoms with Crippen molar-refractivity contribution in [3.05, 3.63) is 15.8 Å². The van der Waals surface area contributed by atoms with Crippen LogP contribution < -0.4 is 0 Å². The highest BCUT2D eigenvalue weighted by molar-refractivity contribution is 8.13. The molecule has 0 spiro atoms. The number of nitrogens with zero attached hydrogens (tertiary/aromatic N) is 1. The molecule has 2 rings (SSSR count). The van der Waals surface area contributed by atoms with Crippen LogP contribution in [0.2, 0.25) is 0 Å². The highest BCUT2D eigenvalue weighted by Gasteiger charge is 2.27. The van der Waals surface area contributed by atoms with E-state index in [1.165, 1.54) is 6.07 Å². The number of carbonyl (C=O) groups excluding carboxylic acids is 1. The van der Waals surface area contributed by atoms with Crippen molar-refractivity contribution in [3.8, 4) is 0 Å². The molecule has 1 atom stereocenters. The molecule has 0 radical (unpaired) electrons. The Hall–Kier alpha value is -0.630. The minimum absolute atomic E-state index is 0.0240. The van der Waals surface area contributed by atoms with Crippen molar-refractivity contribution in [2.24, 2.45) is 0 Å². The number of amides is 1. The average Bonchev–Trinajstić information content (AvgIpc) is 2.81. The summed E-state index contributed by atoms with van der Waals surface area (Å²) in [6.07, 6.45) is 1.90. The molecule has 0 aliphatic carbocycles. The average molecular weight is 352 g/mol. The first-order valence-electron chi connectivity index (χ1n) is 6.79. The molecule has 1 unspecified atom stereocenters. The van der Waals surface area contributed by atoms with Crippen molar-refractivity contribution >= 4 is 37.0 Å². The smallest absolute Gasteiger partial charge is 0.264 e. The number of hydrogen-bond donors (Lipinski definition) is 0. The molecule has 1 aliphatic heterocycles. The summed E-state index contributed by atoms with van der Waals surface area (Å²) in [5.74, 6) is -0.154. The van der Waals surface area contributed by atoms with Crippen molar-refractivity contribution in [3.63, 3.8) is 0 Å². The predicted octanol–water partition coefficient (Wildman–Crippen LogP) is 2.63. The van der Waals surface area contributed by atoms with Gasteiger partial charge in [0, 0.05) is 35.3 Å². The van der Waals surface area contributed by atoms with Gasteiger partial charge in [0.05, 0.1) is 15.9 Å². The van der Waals surface area contributed by atoms with Gasteiger partial charge in [-0.05, 0) is 32.8 Å². The van der Waals surface area contributed by atoms with E-state index in [0.29, 0.717) is 29.5 Å². The highest BCUT2D eigenvalue weighted by atomic mass is 35.7. The number of aryl methyl sites for hydroxylation is 1. The third-order valence-electron chi connectivity index (χ3n) is 3.41. The molecule has 0 saturated carbocycles. The second-order valence-corrected chi connectivity index (χ2v) is 8.73. The van der Waals surface area contributed by atoms with Gasteiger partial charge in [0.2, 0.25) is 0 Å². The van der Waals surface area contributed by atoms with Crippen molar-refractivity contribution < 1.29 is 17.9 Å². The number of piperidine rings is 1. The van der Waals surface area contributed by atoms with Crippen LogP contribution in [0.15, 0.2) is 11.0 Å². The van der Waals surface area contributed by atoms with Crippen LogP contribution in [0, 0.1) is 6.92 Å². The molecule has 1 saturated heterocycles. The Morgan fingerprint density at radius 2 is 2.29 bits per heavy atom. The lowest BCUT2D eigenvalue weighted by atomic mass is 10.1. The maximum absolute atomic E-state index is 12.5. The molecule has 0 N–H and O–H groups in total. The van der Waals surface area contributed by atoms with Gasteiger partial charge < -0.3 is 9.64 Å². The Morgan fingerprint density at radius 1 is 1.57 bits per heavy atom. The lowest BCUT2D eigenvalue weighted by Gasteiger charge is -2.32. The van der Waals surface area contributed by atoms with Gasteiger partial charge in [0.1, 0.15) is 0 Å². The van der Waals surface area contributed by atoms with Gasteiger partial charge in [-0.15, -0.1) is 11.3 Å². The van der Waals surface area contributed by atoms with E-state index in [-0.39, 0.29) is 16.9 Å². The van der Waals surface area contributed by atoms with E-state index in [1.807, 2.05) is 6.92 Å². The van der Waals surface area contributed by atoms with Crippen LogP contribution >= 0.6 is 22.0 Å². The van der Waals surface area contributed by atoms with Gasteiger partial charge in [0.25, 0.3) is 15.0 Å². The van der Waals surface area contributed by atoms with Gasteiger partial charge in [-0.1, -0.05) is 0 Å². The van der Waals surface area contributed by atoms with Crippen molar-refractivity contribution in [1.82, 2.24) is 4.90 Å². The summed E-state index contributed by atoms with van der Waals surface area (Å²) in [7, 11) is 1.56. The molecule has 1 aromatic heterocycles. The summed E-state index contributed by atoms with van der Waals surface area (Å²) in [6, 6.07) is 1.37. The Kier molecular flexibility index (Phi) is 5.29. The van der Waals surface area contributed by atoms with Gasteiger partial charge in [-0.3, -0.25) is 4.79 Å². The highest BCUT2D eigenvalue weighted by Crippen LogP contribution is 2.29. The third kappa shape index (κ3) is 3.97. The van der Waals surface area contributed by atoms with E-state index in [2.05, 4.69) is 0 Å². The number of carbonyl (C=O) groups is 1. The largest absolute Gasteiger partial charge is 0.377 e. The van der Waals surface area contributed by atoms with E-state index in [0.717, 1.165) is 24.2 Å². The molecule has 118 valence electrons. The standard InChI is InChI=1S/C13H18ClNO4S2/c1-3-19-10-5-4-6-15(8-10)13(16)11-7-12(9(2)20-11)21(14,17)18/h7,10H,3-6,8H2,1-2H3. The van der Waals surface area contributed by atoms with E-state index < -0.39 is 9.05 Å². The van der Waals surface area contributed by atoms with Crippen LogP contribution in [0.1, 0.15) is 34.3 Å². The topological polar surface area (TPSA) is 63.7 Å². The molecule has 2 heterocycles. The maximum atomic E-state index is 12.5. The molecular weight excluding hydrogens is 334 g/mol. The number of ether oxygens (including phenoxy) is 1. The number of hydrogen-bond acceptors (Lipinski definition) is 5. The number of halogens is 1. The first kappa shape index (κ1) is 16.7. The van der Waals surface area contributed by atoms with Gasteiger partial charge in [-0.25, -0.2) is 8.42 Å². The molecule has 1 fully saturated rings. The molecular formula is C13H18ClNO4S2. The molecule has 1 aromatic rings. The Balaban J connectivity index is 2.17.